The Labute approximate surface area is 101 Å². The molecule has 1 aromatic rings. The number of carbonyl (C=O) groups is 1. The number of nitrogen functional groups attached to an aromatic ring is 1. The molecule has 4 nitrogen and oxygen atoms in total. The highest BCUT2D eigenvalue weighted by Gasteiger charge is 2.25. The SMILES string of the molecule is COC(=O)c1c2c(cc(N)c1OC)CCCC2. The van der Waals surface area contributed by atoms with E-state index in [0.29, 0.717) is 17.0 Å². The van der Waals surface area contributed by atoms with Gasteiger partial charge in [-0.3, -0.25) is 0 Å². The molecule has 0 fully saturated rings. The third kappa shape index (κ3) is 1.95. The van der Waals surface area contributed by atoms with E-state index in [2.05, 4.69) is 0 Å². The van der Waals surface area contributed by atoms with E-state index >= 15 is 0 Å². The highest BCUT2D eigenvalue weighted by molar-refractivity contribution is 5.97. The lowest BCUT2D eigenvalue weighted by Gasteiger charge is -2.21. The smallest absolute Gasteiger partial charge is 0.342 e. The van der Waals surface area contributed by atoms with Crippen LogP contribution in [0.2, 0.25) is 0 Å². The summed E-state index contributed by atoms with van der Waals surface area (Å²) in [4.78, 5) is 11.9. The molecule has 0 aliphatic heterocycles. The van der Waals surface area contributed by atoms with Crippen LogP contribution in [0, 0.1) is 0 Å². The Kier molecular flexibility index (Phi) is 3.22. The van der Waals surface area contributed by atoms with Crippen LogP contribution in [0.4, 0.5) is 5.69 Å². The van der Waals surface area contributed by atoms with E-state index in [1.165, 1.54) is 14.2 Å². The molecule has 2 N–H and O–H groups in total. The molecular weight excluding hydrogens is 218 g/mol. The summed E-state index contributed by atoms with van der Waals surface area (Å²) in [5, 5.41) is 0. The Morgan fingerprint density at radius 1 is 1.29 bits per heavy atom. The van der Waals surface area contributed by atoms with Crippen LogP contribution >= 0.6 is 0 Å². The molecule has 92 valence electrons. The van der Waals surface area contributed by atoms with Crippen LogP contribution in [0.5, 0.6) is 5.75 Å². The first-order chi connectivity index (χ1) is 8.19. The van der Waals surface area contributed by atoms with E-state index in [-0.39, 0.29) is 5.97 Å². The molecule has 0 spiro atoms. The molecule has 0 atom stereocenters. The molecule has 0 saturated carbocycles. The first kappa shape index (κ1) is 11.8. The summed E-state index contributed by atoms with van der Waals surface area (Å²) >= 11 is 0. The van der Waals surface area contributed by atoms with Gasteiger partial charge in [-0.1, -0.05) is 0 Å². The zero-order valence-electron chi connectivity index (χ0n) is 10.2. The van der Waals surface area contributed by atoms with Crippen LogP contribution in [0.3, 0.4) is 0 Å². The second kappa shape index (κ2) is 4.65. The Morgan fingerprint density at radius 2 is 2.00 bits per heavy atom. The second-order valence-corrected chi connectivity index (χ2v) is 4.21. The minimum atomic E-state index is -0.368. The molecule has 0 bridgehead atoms. The summed E-state index contributed by atoms with van der Waals surface area (Å²) in [5.41, 5.74) is 9.11. The molecule has 0 radical (unpaired) electrons. The first-order valence-corrected chi connectivity index (χ1v) is 5.75. The number of aryl methyl sites for hydroxylation is 1. The van der Waals surface area contributed by atoms with Crippen LogP contribution < -0.4 is 10.5 Å². The number of rotatable bonds is 2. The monoisotopic (exact) mass is 235 g/mol. The fourth-order valence-electron chi connectivity index (χ4n) is 2.45. The van der Waals surface area contributed by atoms with Gasteiger partial charge in [0.1, 0.15) is 5.56 Å². The van der Waals surface area contributed by atoms with E-state index in [1.54, 1.807) is 0 Å². The number of benzene rings is 1. The lowest BCUT2D eigenvalue weighted by atomic mass is 9.87. The lowest BCUT2D eigenvalue weighted by molar-refractivity contribution is 0.0595. The molecule has 0 amide bonds. The van der Waals surface area contributed by atoms with Gasteiger partial charge in [-0.25, -0.2) is 4.79 Å². The molecule has 1 aliphatic rings. The zero-order chi connectivity index (χ0) is 12.4. The van der Waals surface area contributed by atoms with Crippen molar-refractivity contribution in [3.63, 3.8) is 0 Å². The molecular formula is C13H17NO3. The molecule has 17 heavy (non-hydrogen) atoms. The predicted octanol–water partition coefficient (Wildman–Crippen LogP) is 1.94. The number of esters is 1. The Morgan fingerprint density at radius 3 is 2.65 bits per heavy atom. The van der Waals surface area contributed by atoms with E-state index in [9.17, 15) is 4.79 Å². The maximum Gasteiger partial charge on any atom is 0.342 e. The van der Waals surface area contributed by atoms with Crippen LogP contribution in [0.1, 0.15) is 34.3 Å². The molecule has 2 rings (SSSR count). The van der Waals surface area contributed by atoms with Crippen molar-refractivity contribution in [1.82, 2.24) is 0 Å². The quantitative estimate of drug-likeness (QED) is 0.628. The van der Waals surface area contributed by atoms with Crippen molar-refractivity contribution in [2.75, 3.05) is 20.0 Å². The maximum absolute atomic E-state index is 11.9. The van der Waals surface area contributed by atoms with Gasteiger partial charge in [-0.05, 0) is 42.9 Å². The van der Waals surface area contributed by atoms with Gasteiger partial charge in [0, 0.05) is 0 Å². The van der Waals surface area contributed by atoms with Crippen molar-refractivity contribution < 1.29 is 14.3 Å². The standard InChI is InChI=1S/C13H17NO3/c1-16-12-10(14)7-8-5-3-4-6-9(8)11(12)13(15)17-2/h7H,3-6,14H2,1-2H3. The van der Waals surface area contributed by atoms with Crippen molar-refractivity contribution >= 4 is 11.7 Å². The molecule has 0 aromatic heterocycles. The third-order valence-corrected chi connectivity index (χ3v) is 3.22. The summed E-state index contributed by atoms with van der Waals surface area (Å²) in [7, 11) is 2.90. The van der Waals surface area contributed by atoms with Crippen LogP contribution in [0.15, 0.2) is 6.07 Å². The average molecular weight is 235 g/mol. The number of hydrogen-bond donors (Lipinski definition) is 1. The fraction of sp³-hybridized carbons (Fsp3) is 0.462. The summed E-state index contributed by atoms with van der Waals surface area (Å²) in [6, 6.07) is 1.92. The van der Waals surface area contributed by atoms with Crippen molar-refractivity contribution in [3.05, 3.63) is 22.8 Å². The zero-order valence-corrected chi connectivity index (χ0v) is 10.2. The minimum absolute atomic E-state index is 0.368. The number of ether oxygens (including phenoxy) is 2. The molecule has 1 aliphatic carbocycles. The number of anilines is 1. The molecule has 1 aromatic carbocycles. The number of methoxy groups -OCH3 is 2. The summed E-state index contributed by atoms with van der Waals surface area (Å²) in [6.45, 7) is 0. The fourth-order valence-corrected chi connectivity index (χ4v) is 2.45. The van der Waals surface area contributed by atoms with Gasteiger partial charge in [0.05, 0.1) is 19.9 Å². The van der Waals surface area contributed by atoms with E-state index in [4.69, 9.17) is 15.2 Å². The maximum atomic E-state index is 11.9. The number of nitrogens with two attached hydrogens (primary N) is 1. The number of carbonyl (C=O) groups excluding carboxylic acids is 1. The Bertz CT molecular complexity index is 454. The van der Waals surface area contributed by atoms with Gasteiger partial charge in [0.25, 0.3) is 0 Å². The topological polar surface area (TPSA) is 61.5 Å². The van der Waals surface area contributed by atoms with Crippen LogP contribution in [0.25, 0.3) is 0 Å². The lowest BCUT2D eigenvalue weighted by Crippen LogP contribution is -2.15. The van der Waals surface area contributed by atoms with E-state index in [1.807, 2.05) is 6.07 Å². The van der Waals surface area contributed by atoms with Gasteiger partial charge in [0.2, 0.25) is 0 Å². The van der Waals surface area contributed by atoms with Gasteiger partial charge in [-0.15, -0.1) is 0 Å². The van der Waals surface area contributed by atoms with Gasteiger partial charge in [0.15, 0.2) is 5.75 Å². The molecule has 4 heteroatoms. The highest BCUT2D eigenvalue weighted by atomic mass is 16.5. The molecule has 0 heterocycles. The average Bonchev–Trinajstić information content (AvgIpc) is 2.36. The van der Waals surface area contributed by atoms with Gasteiger partial charge < -0.3 is 15.2 Å². The normalized spacial score (nSPS) is 14.0. The Balaban J connectivity index is 2.65. The van der Waals surface area contributed by atoms with Crippen LogP contribution in [-0.4, -0.2) is 20.2 Å². The second-order valence-electron chi connectivity index (χ2n) is 4.21. The van der Waals surface area contributed by atoms with E-state index < -0.39 is 0 Å². The summed E-state index contributed by atoms with van der Waals surface area (Å²) in [6.07, 6.45) is 4.08. The first-order valence-electron chi connectivity index (χ1n) is 5.75. The van der Waals surface area contributed by atoms with Crippen molar-refractivity contribution in [1.29, 1.82) is 0 Å². The third-order valence-electron chi connectivity index (χ3n) is 3.22. The number of hydrogen-bond acceptors (Lipinski definition) is 4. The minimum Gasteiger partial charge on any atom is -0.494 e. The highest BCUT2D eigenvalue weighted by Crippen LogP contribution is 2.36. The summed E-state index contributed by atoms with van der Waals surface area (Å²) < 4.78 is 10.1. The Hall–Kier alpha value is -1.71. The van der Waals surface area contributed by atoms with Gasteiger partial charge in [-0.2, -0.15) is 0 Å². The number of fused-ring (bicyclic) bond motifs is 1. The van der Waals surface area contributed by atoms with E-state index in [0.717, 1.165) is 36.8 Å². The summed E-state index contributed by atoms with van der Waals surface area (Å²) in [5.74, 6) is 0.0739. The predicted molar refractivity (Wildman–Crippen MR) is 65.4 cm³/mol. The molecule has 0 unspecified atom stereocenters. The van der Waals surface area contributed by atoms with Gasteiger partial charge >= 0.3 is 5.97 Å². The van der Waals surface area contributed by atoms with Crippen molar-refractivity contribution in [3.8, 4) is 5.75 Å². The van der Waals surface area contributed by atoms with Crippen molar-refractivity contribution in [2.24, 2.45) is 0 Å². The van der Waals surface area contributed by atoms with Crippen molar-refractivity contribution in [2.45, 2.75) is 25.7 Å². The molecule has 0 saturated heterocycles. The van der Waals surface area contributed by atoms with Crippen LogP contribution in [-0.2, 0) is 17.6 Å². The largest absolute Gasteiger partial charge is 0.494 e.